The van der Waals surface area contributed by atoms with Crippen molar-refractivity contribution in [2.24, 2.45) is 0 Å². The van der Waals surface area contributed by atoms with Gasteiger partial charge in [0.1, 0.15) is 17.7 Å². The molecular weight excluding hydrogens is 389 g/mol. The summed E-state index contributed by atoms with van der Waals surface area (Å²) in [4.78, 5) is 33.1. The average molecular weight is 415 g/mol. The van der Waals surface area contributed by atoms with Gasteiger partial charge >= 0.3 is 6.03 Å². The van der Waals surface area contributed by atoms with Gasteiger partial charge in [0.15, 0.2) is 0 Å². The number of aliphatic hydroxyl groups excluding tert-OH is 1. The molecule has 3 heterocycles. The summed E-state index contributed by atoms with van der Waals surface area (Å²) < 4.78 is 13.4. The monoisotopic (exact) mass is 415 g/mol. The number of rotatable bonds is 6. The zero-order valence-electron chi connectivity index (χ0n) is 16.7. The SMILES string of the molecule is C=C/C=C(/NC(=O)N[C@@H]1CCCN(c2ccc(N3CC[C@@H](O)C3)nc2)C1=O)C(=C)F. The molecule has 0 radical (unpaired) electrons. The third kappa shape index (κ3) is 5.04. The molecule has 1 aromatic heterocycles. The molecular formula is C21H26FN5O3. The van der Waals surface area contributed by atoms with Crippen LogP contribution in [0, 0.1) is 0 Å². The van der Waals surface area contributed by atoms with Crippen molar-refractivity contribution in [3.63, 3.8) is 0 Å². The molecule has 0 bridgehead atoms. The molecule has 0 saturated carbocycles. The lowest BCUT2D eigenvalue weighted by Gasteiger charge is -2.32. The Morgan fingerprint density at radius 2 is 2.13 bits per heavy atom. The molecule has 2 aliphatic rings. The van der Waals surface area contributed by atoms with Crippen LogP contribution in [0.5, 0.6) is 0 Å². The van der Waals surface area contributed by atoms with Crippen molar-refractivity contribution in [1.29, 1.82) is 0 Å². The number of β-amino-alcohol motifs (C(OH)–C–C–N with tert-alkyl or cyclic N) is 1. The van der Waals surface area contributed by atoms with Crippen molar-refractivity contribution in [1.82, 2.24) is 15.6 Å². The molecule has 3 rings (SSSR count). The number of aromatic nitrogens is 1. The van der Waals surface area contributed by atoms with E-state index in [1.807, 2.05) is 17.0 Å². The Labute approximate surface area is 174 Å². The van der Waals surface area contributed by atoms with Crippen molar-refractivity contribution < 1.29 is 19.1 Å². The summed E-state index contributed by atoms with van der Waals surface area (Å²) in [5.74, 6) is -0.309. The summed E-state index contributed by atoms with van der Waals surface area (Å²) in [5, 5.41) is 14.6. The minimum absolute atomic E-state index is 0.116. The summed E-state index contributed by atoms with van der Waals surface area (Å²) in [7, 11) is 0. The highest BCUT2D eigenvalue weighted by atomic mass is 19.1. The highest BCUT2D eigenvalue weighted by Crippen LogP contribution is 2.24. The molecule has 0 unspecified atom stereocenters. The van der Waals surface area contributed by atoms with E-state index >= 15 is 0 Å². The fraction of sp³-hybridized carbons (Fsp3) is 0.381. The summed E-state index contributed by atoms with van der Waals surface area (Å²) in [6.07, 6.45) is 5.78. The number of nitrogens with one attached hydrogen (secondary N) is 2. The predicted octanol–water partition coefficient (Wildman–Crippen LogP) is 2.00. The van der Waals surface area contributed by atoms with Crippen molar-refractivity contribution in [2.75, 3.05) is 29.4 Å². The summed E-state index contributed by atoms with van der Waals surface area (Å²) in [6.45, 7) is 8.42. The zero-order valence-corrected chi connectivity index (χ0v) is 16.7. The van der Waals surface area contributed by atoms with Crippen LogP contribution in [0.25, 0.3) is 0 Å². The highest BCUT2D eigenvalue weighted by molar-refractivity contribution is 5.99. The van der Waals surface area contributed by atoms with Gasteiger partial charge in [0.05, 0.1) is 23.7 Å². The van der Waals surface area contributed by atoms with E-state index in [-0.39, 0.29) is 17.7 Å². The highest BCUT2D eigenvalue weighted by Gasteiger charge is 2.31. The first-order valence-electron chi connectivity index (χ1n) is 9.84. The average Bonchev–Trinajstić information content (AvgIpc) is 3.16. The minimum atomic E-state index is -0.807. The fourth-order valence-electron chi connectivity index (χ4n) is 3.57. The molecule has 2 saturated heterocycles. The molecule has 2 fully saturated rings. The van der Waals surface area contributed by atoms with E-state index in [2.05, 4.69) is 28.8 Å². The van der Waals surface area contributed by atoms with Crippen molar-refractivity contribution in [2.45, 2.75) is 31.4 Å². The van der Waals surface area contributed by atoms with Gasteiger partial charge in [-0.1, -0.05) is 19.2 Å². The third-order valence-corrected chi connectivity index (χ3v) is 5.10. The van der Waals surface area contributed by atoms with Crippen LogP contribution in [0.15, 0.2) is 55.2 Å². The van der Waals surface area contributed by atoms with Crippen LogP contribution in [0.2, 0.25) is 0 Å². The molecule has 2 aliphatic heterocycles. The number of halogens is 1. The van der Waals surface area contributed by atoms with Crippen LogP contribution in [-0.2, 0) is 4.79 Å². The van der Waals surface area contributed by atoms with Gasteiger partial charge in [-0.2, -0.15) is 0 Å². The van der Waals surface area contributed by atoms with Crippen LogP contribution < -0.4 is 20.4 Å². The second kappa shape index (κ2) is 9.53. The number of urea groups is 1. The molecule has 9 heteroatoms. The lowest BCUT2D eigenvalue weighted by atomic mass is 10.0. The van der Waals surface area contributed by atoms with Gasteiger partial charge in [0.25, 0.3) is 0 Å². The Balaban J connectivity index is 1.63. The molecule has 0 aromatic carbocycles. The number of aliphatic hydroxyl groups is 1. The standard InChI is InChI=1S/C21H26FN5O3/c1-3-5-17(14(2)22)24-21(30)25-18-6-4-10-27(20(18)29)15-7-8-19(23-12-15)26-11-9-16(28)13-26/h3,5,7-8,12,16,18,28H,1-2,4,6,9-11,13H2,(H2,24,25,30)/b17-5+/t16-,18-/m1/s1. The molecule has 8 nitrogen and oxygen atoms in total. The van der Waals surface area contributed by atoms with Gasteiger partial charge < -0.3 is 25.5 Å². The smallest absolute Gasteiger partial charge is 0.319 e. The first kappa shape index (κ1) is 21.5. The summed E-state index contributed by atoms with van der Waals surface area (Å²) in [6, 6.07) is 2.21. The van der Waals surface area contributed by atoms with Crippen molar-refractivity contribution in [3.05, 3.63) is 55.2 Å². The number of piperidine rings is 1. The maximum absolute atomic E-state index is 13.4. The number of hydrogen-bond donors (Lipinski definition) is 3. The molecule has 1 aromatic rings. The topological polar surface area (TPSA) is 97.8 Å². The van der Waals surface area contributed by atoms with Gasteiger partial charge in [-0.05, 0) is 37.5 Å². The van der Waals surface area contributed by atoms with Crippen molar-refractivity contribution >= 4 is 23.4 Å². The fourth-order valence-corrected chi connectivity index (χ4v) is 3.57. The number of carbonyl (C=O) groups excluding carboxylic acids is 2. The molecule has 2 atom stereocenters. The predicted molar refractivity (Wildman–Crippen MR) is 113 cm³/mol. The number of allylic oxidation sites excluding steroid dienone is 3. The van der Waals surface area contributed by atoms with E-state index in [4.69, 9.17) is 0 Å². The number of amides is 3. The number of carbonyl (C=O) groups is 2. The van der Waals surface area contributed by atoms with E-state index in [0.29, 0.717) is 38.0 Å². The molecule has 3 amide bonds. The number of anilines is 2. The summed E-state index contributed by atoms with van der Waals surface area (Å²) in [5.41, 5.74) is 0.522. The first-order valence-corrected chi connectivity index (χ1v) is 9.84. The number of pyridine rings is 1. The number of hydrogen-bond acceptors (Lipinski definition) is 5. The van der Waals surface area contributed by atoms with E-state index in [1.165, 1.54) is 12.2 Å². The Hall–Kier alpha value is -3.20. The maximum Gasteiger partial charge on any atom is 0.319 e. The molecule has 160 valence electrons. The first-order chi connectivity index (χ1) is 14.4. The molecule has 30 heavy (non-hydrogen) atoms. The normalized spacial score (nSPS) is 22.1. The van der Waals surface area contributed by atoms with Crippen LogP contribution in [0.1, 0.15) is 19.3 Å². The van der Waals surface area contributed by atoms with Gasteiger partial charge in [-0.25, -0.2) is 14.2 Å². The lowest BCUT2D eigenvalue weighted by molar-refractivity contribution is -0.121. The lowest BCUT2D eigenvalue weighted by Crippen LogP contribution is -2.54. The second-order valence-electron chi connectivity index (χ2n) is 7.27. The molecule has 0 aliphatic carbocycles. The van der Waals surface area contributed by atoms with Gasteiger partial charge in [-0.15, -0.1) is 0 Å². The van der Waals surface area contributed by atoms with Crippen molar-refractivity contribution in [3.8, 4) is 0 Å². The Morgan fingerprint density at radius 1 is 1.33 bits per heavy atom. The van der Waals surface area contributed by atoms with Gasteiger partial charge in [0, 0.05) is 19.6 Å². The second-order valence-corrected chi connectivity index (χ2v) is 7.27. The quantitative estimate of drug-likeness (QED) is 0.618. The van der Waals surface area contributed by atoms with Gasteiger partial charge in [-0.3, -0.25) is 4.79 Å². The van der Waals surface area contributed by atoms with E-state index in [0.717, 1.165) is 12.4 Å². The minimum Gasteiger partial charge on any atom is -0.391 e. The van der Waals surface area contributed by atoms with Crippen LogP contribution in [-0.4, -0.2) is 53.8 Å². The Bertz CT molecular complexity index is 855. The van der Waals surface area contributed by atoms with Crippen LogP contribution in [0.3, 0.4) is 0 Å². The van der Waals surface area contributed by atoms with Gasteiger partial charge in [0.2, 0.25) is 5.91 Å². The molecule has 3 N–H and O–H groups in total. The van der Waals surface area contributed by atoms with Crippen LogP contribution in [0.4, 0.5) is 20.7 Å². The Morgan fingerprint density at radius 3 is 2.73 bits per heavy atom. The Kier molecular flexibility index (Phi) is 6.83. The van der Waals surface area contributed by atoms with Crippen LogP contribution >= 0.6 is 0 Å². The summed E-state index contributed by atoms with van der Waals surface area (Å²) >= 11 is 0. The molecule has 0 spiro atoms. The maximum atomic E-state index is 13.4. The third-order valence-electron chi connectivity index (χ3n) is 5.10. The van der Waals surface area contributed by atoms with E-state index in [1.54, 1.807) is 11.1 Å². The largest absolute Gasteiger partial charge is 0.391 e. The number of nitrogens with zero attached hydrogens (tertiary/aromatic N) is 3. The van der Waals surface area contributed by atoms with E-state index in [9.17, 15) is 19.1 Å². The zero-order chi connectivity index (χ0) is 21.7. The van der Waals surface area contributed by atoms with E-state index < -0.39 is 17.9 Å².